The third kappa shape index (κ3) is 5.17. The maximum atomic E-state index is 11.5. The second-order valence-electron chi connectivity index (χ2n) is 4.37. The number of carbonyl (C=O) groups excluding carboxylic acids is 1. The van der Waals surface area contributed by atoms with Gasteiger partial charge in [0.25, 0.3) is 0 Å². The van der Waals surface area contributed by atoms with Crippen molar-refractivity contribution in [3.63, 3.8) is 0 Å². The van der Waals surface area contributed by atoms with Gasteiger partial charge in [0, 0.05) is 17.2 Å². The zero-order valence-corrected chi connectivity index (χ0v) is 12.0. The number of hydrogen-bond donors (Lipinski definition) is 2. The summed E-state index contributed by atoms with van der Waals surface area (Å²) in [5.41, 5.74) is 1.09. The van der Waals surface area contributed by atoms with Gasteiger partial charge in [-0.1, -0.05) is 13.8 Å². The second-order valence-corrected chi connectivity index (χ2v) is 5.22. The Labute approximate surface area is 110 Å². The molecule has 0 saturated heterocycles. The van der Waals surface area contributed by atoms with E-state index < -0.39 is 0 Å². The Bertz CT molecular complexity index is 393. The van der Waals surface area contributed by atoms with Crippen molar-refractivity contribution >= 4 is 27.7 Å². The average molecular weight is 300 g/mol. The van der Waals surface area contributed by atoms with E-state index in [1.54, 1.807) is 6.20 Å². The van der Waals surface area contributed by atoms with Crippen LogP contribution < -0.4 is 10.6 Å². The quantitative estimate of drug-likeness (QED) is 0.877. The molecule has 2 N–H and O–H groups in total. The van der Waals surface area contributed by atoms with Gasteiger partial charge >= 0.3 is 0 Å². The molecular weight excluding hydrogens is 282 g/mol. The van der Waals surface area contributed by atoms with Gasteiger partial charge in [-0.05, 0) is 40.4 Å². The van der Waals surface area contributed by atoms with Gasteiger partial charge in [0.2, 0.25) is 5.91 Å². The molecule has 0 unspecified atom stereocenters. The van der Waals surface area contributed by atoms with Crippen LogP contribution in [0.3, 0.4) is 0 Å². The highest BCUT2D eigenvalue weighted by Crippen LogP contribution is 2.16. The van der Waals surface area contributed by atoms with Gasteiger partial charge in [0.05, 0.1) is 6.54 Å². The maximum absolute atomic E-state index is 11.5. The molecule has 0 aliphatic heterocycles. The lowest BCUT2D eigenvalue weighted by Gasteiger charge is -2.09. The Morgan fingerprint density at radius 3 is 2.82 bits per heavy atom. The molecule has 0 bridgehead atoms. The summed E-state index contributed by atoms with van der Waals surface area (Å²) in [7, 11) is 0. The van der Waals surface area contributed by atoms with Crippen LogP contribution in [0.4, 0.5) is 5.82 Å². The second kappa shape index (κ2) is 6.59. The summed E-state index contributed by atoms with van der Waals surface area (Å²) in [4.78, 5) is 15.6. The molecular formula is C12H18BrN3O. The molecule has 1 aromatic heterocycles. The number of hydrogen-bond acceptors (Lipinski definition) is 3. The van der Waals surface area contributed by atoms with E-state index in [1.165, 1.54) is 0 Å². The van der Waals surface area contributed by atoms with E-state index in [-0.39, 0.29) is 12.5 Å². The first-order valence-corrected chi connectivity index (χ1v) is 6.41. The van der Waals surface area contributed by atoms with E-state index in [1.807, 2.05) is 13.0 Å². The SMILES string of the molecule is Cc1cc(NCC(=O)NCC(C)C)ncc1Br. The summed E-state index contributed by atoms with van der Waals surface area (Å²) < 4.78 is 0.965. The number of halogens is 1. The summed E-state index contributed by atoms with van der Waals surface area (Å²) in [5, 5.41) is 5.83. The summed E-state index contributed by atoms with van der Waals surface area (Å²) >= 11 is 3.38. The molecule has 1 rings (SSSR count). The van der Waals surface area contributed by atoms with Crippen molar-refractivity contribution in [3.8, 4) is 0 Å². The van der Waals surface area contributed by atoms with E-state index >= 15 is 0 Å². The van der Waals surface area contributed by atoms with Crippen molar-refractivity contribution < 1.29 is 4.79 Å². The lowest BCUT2D eigenvalue weighted by molar-refractivity contribution is -0.119. The van der Waals surface area contributed by atoms with Gasteiger partial charge in [-0.15, -0.1) is 0 Å². The molecule has 0 aliphatic carbocycles. The Kier molecular flexibility index (Phi) is 5.41. The molecule has 1 amide bonds. The van der Waals surface area contributed by atoms with Crippen LogP contribution >= 0.6 is 15.9 Å². The Balaban J connectivity index is 2.39. The van der Waals surface area contributed by atoms with Crippen LogP contribution in [-0.2, 0) is 4.79 Å². The fraction of sp³-hybridized carbons (Fsp3) is 0.500. The van der Waals surface area contributed by atoms with Crippen molar-refractivity contribution in [2.24, 2.45) is 5.92 Å². The molecule has 94 valence electrons. The number of rotatable bonds is 5. The summed E-state index contributed by atoms with van der Waals surface area (Å²) in [5.74, 6) is 1.17. The van der Waals surface area contributed by atoms with E-state index in [4.69, 9.17) is 0 Å². The molecule has 0 atom stereocenters. The fourth-order valence-corrected chi connectivity index (χ4v) is 1.40. The first-order chi connectivity index (χ1) is 7.99. The number of nitrogens with zero attached hydrogens (tertiary/aromatic N) is 1. The number of nitrogens with one attached hydrogen (secondary N) is 2. The van der Waals surface area contributed by atoms with Crippen LogP contribution in [0.25, 0.3) is 0 Å². The normalized spacial score (nSPS) is 10.4. The minimum Gasteiger partial charge on any atom is -0.361 e. The molecule has 1 heterocycles. The van der Waals surface area contributed by atoms with Crippen LogP contribution in [0, 0.1) is 12.8 Å². The van der Waals surface area contributed by atoms with E-state index in [0.29, 0.717) is 18.3 Å². The molecule has 17 heavy (non-hydrogen) atoms. The van der Waals surface area contributed by atoms with E-state index in [0.717, 1.165) is 10.0 Å². The van der Waals surface area contributed by atoms with Crippen molar-refractivity contribution in [1.29, 1.82) is 0 Å². The van der Waals surface area contributed by atoms with Crippen molar-refractivity contribution in [1.82, 2.24) is 10.3 Å². The zero-order valence-electron chi connectivity index (χ0n) is 10.4. The highest BCUT2D eigenvalue weighted by Gasteiger charge is 2.03. The van der Waals surface area contributed by atoms with Crippen LogP contribution in [0.5, 0.6) is 0 Å². The van der Waals surface area contributed by atoms with Gasteiger partial charge in [-0.3, -0.25) is 4.79 Å². The first kappa shape index (κ1) is 14.0. The molecule has 0 saturated carbocycles. The van der Waals surface area contributed by atoms with Crippen molar-refractivity contribution in [2.75, 3.05) is 18.4 Å². The average Bonchev–Trinajstić information content (AvgIpc) is 2.28. The largest absolute Gasteiger partial charge is 0.361 e. The number of aromatic nitrogens is 1. The summed E-state index contributed by atoms with van der Waals surface area (Å²) in [6.07, 6.45) is 1.73. The predicted molar refractivity (Wildman–Crippen MR) is 73.0 cm³/mol. The first-order valence-electron chi connectivity index (χ1n) is 5.61. The molecule has 5 heteroatoms. The number of pyridine rings is 1. The molecule has 1 aromatic rings. The monoisotopic (exact) mass is 299 g/mol. The standard InChI is InChI=1S/C12H18BrN3O/c1-8(2)5-16-12(17)7-15-11-4-9(3)10(13)6-14-11/h4,6,8H,5,7H2,1-3H3,(H,14,15)(H,16,17). The zero-order chi connectivity index (χ0) is 12.8. The van der Waals surface area contributed by atoms with Crippen LogP contribution in [0.15, 0.2) is 16.7 Å². The van der Waals surface area contributed by atoms with Crippen molar-refractivity contribution in [3.05, 3.63) is 22.3 Å². The molecule has 4 nitrogen and oxygen atoms in total. The number of anilines is 1. The van der Waals surface area contributed by atoms with Gasteiger partial charge in [0.1, 0.15) is 5.82 Å². The number of carbonyl (C=O) groups is 1. The fourth-order valence-electron chi connectivity index (χ4n) is 1.19. The van der Waals surface area contributed by atoms with E-state index in [2.05, 4.69) is 45.4 Å². The molecule has 0 aromatic carbocycles. The van der Waals surface area contributed by atoms with Gasteiger partial charge < -0.3 is 10.6 Å². The predicted octanol–water partition coefficient (Wildman–Crippen LogP) is 2.34. The molecule has 0 fully saturated rings. The third-order valence-electron chi connectivity index (χ3n) is 2.18. The highest BCUT2D eigenvalue weighted by molar-refractivity contribution is 9.10. The van der Waals surface area contributed by atoms with Crippen LogP contribution in [-0.4, -0.2) is 24.0 Å². The lowest BCUT2D eigenvalue weighted by atomic mass is 10.2. The topological polar surface area (TPSA) is 54.0 Å². The molecule has 0 spiro atoms. The highest BCUT2D eigenvalue weighted by atomic mass is 79.9. The molecule has 0 aliphatic rings. The van der Waals surface area contributed by atoms with Crippen molar-refractivity contribution in [2.45, 2.75) is 20.8 Å². The van der Waals surface area contributed by atoms with Gasteiger partial charge in [-0.2, -0.15) is 0 Å². The number of amides is 1. The van der Waals surface area contributed by atoms with Crippen LogP contribution in [0.2, 0.25) is 0 Å². The van der Waals surface area contributed by atoms with E-state index in [9.17, 15) is 4.79 Å². The Morgan fingerprint density at radius 2 is 2.24 bits per heavy atom. The maximum Gasteiger partial charge on any atom is 0.239 e. The minimum absolute atomic E-state index is 0.0129. The Morgan fingerprint density at radius 1 is 1.53 bits per heavy atom. The summed E-state index contributed by atoms with van der Waals surface area (Å²) in [6, 6.07) is 1.90. The summed E-state index contributed by atoms with van der Waals surface area (Å²) in [6.45, 7) is 7.06. The van der Waals surface area contributed by atoms with Crippen LogP contribution in [0.1, 0.15) is 19.4 Å². The molecule has 0 radical (unpaired) electrons. The number of aryl methyl sites for hydroxylation is 1. The lowest BCUT2D eigenvalue weighted by Crippen LogP contribution is -2.32. The third-order valence-corrected chi connectivity index (χ3v) is 3.01. The Hall–Kier alpha value is -1.10. The van der Waals surface area contributed by atoms with Gasteiger partial charge in [0.15, 0.2) is 0 Å². The van der Waals surface area contributed by atoms with Gasteiger partial charge in [-0.25, -0.2) is 4.98 Å². The minimum atomic E-state index is -0.0129. The smallest absolute Gasteiger partial charge is 0.239 e.